The molecule has 1 unspecified atom stereocenters. The minimum atomic E-state index is -0.415. The van der Waals surface area contributed by atoms with Gasteiger partial charge in [-0.2, -0.15) is 0 Å². The number of carbonyl (C=O) groups is 1. The van der Waals surface area contributed by atoms with Gasteiger partial charge >= 0.3 is 0 Å². The molecule has 1 aromatic heterocycles. The van der Waals surface area contributed by atoms with Crippen LogP contribution >= 0.6 is 0 Å². The normalized spacial score (nSPS) is 11.9. The summed E-state index contributed by atoms with van der Waals surface area (Å²) in [5.41, 5.74) is 5.86. The first-order valence-corrected chi connectivity index (χ1v) is 4.19. The number of anilines is 1. The van der Waals surface area contributed by atoms with Crippen molar-refractivity contribution < 1.29 is 9.53 Å². The smallest absolute Gasteiger partial charge is 0.239 e. The third-order valence-electron chi connectivity index (χ3n) is 1.75. The molecule has 0 fully saturated rings. The maximum absolute atomic E-state index is 10.8. The molecule has 76 valence electrons. The number of primary amides is 1. The fourth-order valence-electron chi connectivity index (χ4n) is 0.932. The molecule has 1 atom stereocenters. The summed E-state index contributed by atoms with van der Waals surface area (Å²) in [6, 6.07) is 3.02. The van der Waals surface area contributed by atoms with Gasteiger partial charge in [-0.25, -0.2) is 4.98 Å². The maximum atomic E-state index is 10.8. The molecule has 0 saturated carbocycles. The highest BCUT2D eigenvalue weighted by Crippen LogP contribution is 2.13. The van der Waals surface area contributed by atoms with Crippen LogP contribution < -0.4 is 15.8 Å². The molecule has 5 heteroatoms. The maximum Gasteiger partial charge on any atom is 0.239 e. The largest absolute Gasteiger partial charge is 0.481 e. The number of nitrogens with two attached hydrogens (primary N) is 1. The summed E-state index contributed by atoms with van der Waals surface area (Å²) in [6.45, 7) is 1.69. The summed E-state index contributed by atoms with van der Waals surface area (Å²) in [5, 5.41) is 2.92. The Bertz CT molecular complexity index is 328. The van der Waals surface area contributed by atoms with Crippen molar-refractivity contribution in [1.82, 2.24) is 4.98 Å². The first-order valence-electron chi connectivity index (χ1n) is 4.19. The molecule has 0 bridgehead atoms. The predicted molar refractivity (Wildman–Crippen MR) is 53.1 cm³/mol. The molecule has 0 saturated heterocycles. The molecule has 1 amide bonds. The van der Waals surface area contributed by atoms with Crippen LogP contribution in [0.3, 0.4) is 0 Å². The molecule has 0 aromatic carbocycles. The summed E-state index contributed by atoms with van der Waals surface area (Å²) in [4.78, 5) is 14.7. The number of carbonyl (C=O) groups excluding carboxylic acids is 1. The molecule has 0 radical (unpaired) electrons. The molecule has 0 spiro atoms. The Morgan fingerprint density at radius 1 is 1.71 bits per heavy atom. The fourth-order valence-corrected chi connectivity index (χ4v) is 0.932. The topological polar surface area (TPSA) is 77.2 Å². The Morgan fingerprint density at radius 2 is 2.43 bits per heavy atom. The van der Waals surface area contributed by atoms with Crippen molar-refractivity contribution in [3.63, 3.8) is 0 Å². The summed E-state index contributed by atoms with van der Waals surface area (Å²) < 4.78 is 4.93. The van der Waals surface area contributed by atoms with Crippen LogP contribution in [0.15, 0.2) is 18.3 Å². The van der Waals surface area contributed by atoms with Crippen molar-refractivity contribution in [3.8, 4) is 5.88 Å². The predicted octanol–water partition coefficient (Wildman–Crippen LogP) is 0.376. The van der Waals surface area contributed by atoms with Crippen LogP contribution in [0.4, 0.5) is 5.69 Å². The monoisotopic (exact) mass is 195 g/mol. The Balaban J connectivity index is 2.71. The number of aromatic nitrogens is 1. The molecule has 1 rings (SSSR count). The van der Waals surface area contributed by atoms with Gasteiger partial charge in [-0.15, -0.1) is 0 Å². The van der Waals surface area contributed by atoms with E-state index in [4.69, 9.17) is 10.5 Å². The highest BCUT2D eigenvalue weighted by molar-refractivity contribution is 5.82. The van der Waals surface area contributed by atoms with E-state index in [-0.39, 0.29) is 0 Å². The van der Waals surface area contributed by atoms with Crippen LogP contribution in [0.2, 0.25) is 0 Å². The Morgan fingerprint density at radius 3 is 3.00 bits per heavy atom. The van der Waals surface area contributed by atoms with Gasteiger partial charge < -0.3 is 15.8 Å². The number of ether oxygens (including phenoxy) is 1. The van der Waals surface area contributed by atoms with Gasteiger partial charge in [0.05, 0.1) is 7.11 Å². The van der Waals surface area contributed by atoms with Crippen LogP contribution in [-0.2, 0) is 4.79 Å². The van der Waals surface area contributed by atoms with Gasteiger partial charge in [0.2, 0.25) is 11.8 Å². The molecule has 0 aliphatic rings. The van der Waals surface area contributed by atoms with Crippen LogP contribution in [0.5, 0.6) is 5.88 Å². The van der Waals surface area contributed by atoms with Gasteiger partial charge in [0.25, 0.3) is 0 Å². The third kappa shape index (κ3) is 2.62. The molecule has 0 aliphatic heterocycles. The zero-order valence-electron chi connectivity index (χ0n) is 8.15. The highest BCUT2D eigenvalue weighted by atomic mass is 16.5. The molecular formula is C9H13N3O2. The summed E-state index contributed by atoms with van der Waals surface area (Å²) in [7, 11) is 1.53. The first-order chi connectivity index (χ1) is 6.63. The lowest BCUT2D eigenvalue weighted by Crippen LogP contribution is -2.32. The molecule has 14 heavy (non-hydrogen) atoms. The van der Waals surface area contributed by atoms with Crippen LogP contribution in [0, 0.1) is 0 Å². The standard InChI is InChI=1S/C9H13N3O2/c1-6(9(10)13)12-7-3-4-11-8(5-7)14-2/h3-6H,1-2H3,(H2,10,13)(H,11,12). The van der Waals surface area contributed by atoms with Crippen molar-refractivity contribution >= 4 is 11.6 Å². The number of methoxy groups -OCH3 is 1. The average Bonchev–Trinajstić information content (AvgIpc) is 2.18. The Hall–Kier alpha value is -1.78. The number of pyridine rings is 1. The van der Waals surface area contributed by atoms with Crippen molar-refractivity contribution in [2.45, 2.75) is 13.0 Å². The van der Waals surface area contributed by atoms with Crippen molar-refractivity contribution in [3.05, 3.63) is 18.3 Å². The molecule has 5 nitrogen and oxygen atoms in total. The highest BCUT2D eigenvalue weighted by Gasteiger charge is 2.07. The van der Waals surface area contributed by atoms with Crippen LogP contribution in [0.1, 0.15) is 6.92 Å². The number of hydrogen-bond acceptors (Lipinski definition) is 4. The minimum absolute atomic E-state index is 0.402. The second-order valence-corrected chi connectivity index (χ2v) is 2.86. The fraction of sp³-hybridized carbons (Fsp3) is 0.333. The van der Waals surface area contributed by atoms with E-state index in [1.54, 1.807) is 25.3 Å². The quantitative estimate of drug-likeness (QED) is 0.728. The number of nitrogens with one attached hydrogen (secondary N) is 1. The zero-order valence-corrected chi connectivity index (χ0v) is 8.15. The SMILES string of the molecule is COc1cc(NC(C)C(N)=O)ccn1. The summed E-state index contributed by atoms with van der Waals surface area (Å²) >= 11 is 0. The lowest BCUT2D eigenvalue weighted by Gasteiger charge is -2.11. The van der Waals surface area contributed by atoms with E-state index in [2.05, 4.69) is 10.3 Å². The third-order valence-corrected chi connectivity index (χ3v) is 1.75. The second-order valence-electron chi connectivity index (χ2n) is 2.86. The van der Waals surface area contributed by atoms with Gasteiger partial charge in [-0.1, -0.05) is 0 Å². The van der Waals surface area contributed by atoms with E-state index < -0.39 is 11.9 Å². The van der Waals surface area contributed by atoms with E-state index in [9.17, 15) is 4.79 Å². The van der Waals surface area contributed by atoms with Gasteiger partial charge in [-0.3, -0.25) is 4.79 Å². The Kier molecular flexibility index (Phi) is 3.28. The molecule has 1 aromatic rings. The van der Waals surface area contributed by atoms with Gasteiger partial charge in [-0.05, 0) is 13.0 Å². The Labute approximate surface area is 82.3 Å². The minimum Gasteiger partial charge on any atom is -0.481 e. The zero-order chi connectivity index (χ0) is 10.6. The lowest BCUT2D eigenvalue weighted by atomic mass is 10.3. The van der Waals surface area contributed by atoms with E-state index in [1.165, 1.54) is 7.11 Å². The molecular weight excluding hydrogens is 182 g/mol. The molecule has 1 heterocycles. The molecule has 3 N–H and O–H groups in total. The summed E-state index contributed by atoms with van der Waals surface area (Å²) in [6.07, 6.45) is 1.59. The lowest BCUT2D eigenvalue weighted by molar-refractivity contribution is -0.118. The average molecular weight is 195 g/mol. The van der Waals surface area contributed by atoms with Crippen molar-refractivity contribution in [2.75, 3.05) is 12.4 Å². The van der Waals surface area contributed by atoms with E-state index >= 15 is 0 Å². The first kappa shape index (κ1) is 10.3. The number of rotatable bonds is 4. The van der Waals surface area contributed by atoms with Crippen LogP contribution in [-0.4, -0.2) is 24.0 Å². The van der Waals surface area contributed by atoms with Gasteiger partial charge in [0.15, 0.2) is 0 Å². The summed E-state index contributed by atoms with van der Waals surface area (Å²) in [5.74, 6) is 0.0902. The number of nitrogens with zero attached hydrogens (tertiary/aromatic N) is 1. The number of amides is 1. The van der Waals surface area contributed by atoms with Crippen molar-refractivity contribution in [2.24, 2.45) is 5.73 Å². The number of hydrogen-bond donors (Lipinski definition) is 2. The van der Waals surface area contributed by atoms with E-state index in [1.807, 2.05) is 0 Å². The van der Waals surface area contributed by atoms with E-state index in [0.29, 0.717) is 5.88 Å². The second kappa shape index (κ2) is 4.45. The van der Waals surface area contributed by atoms with Gasteiger partial charge in [0.1, 0.15) is 6.04 Å². The molecule has 0 aliphatic carbocycles. The van der Waals surface area contributed by atoms with Crippen molar-refractivity contribution in [1.29, 1.82) is 0 Å². The van der Waals surface area contributed by atoms with E-state index in [0.717, 1.165) is 5.69 Å². The van der Waals surface area contributed by atoms with Gasteiger partial charge in [0, 0.05) is 18.0 Å². The van der Waals surface area contributed by atoms with Crippen LogP contribution in [0.25, 0.3) is 0 Å².